The van der Waals surface area contributed by atoms with Crippen LogP contribution >= 0.6 is 11.6 Å². The summed E-state index contributed by atoms with van der Waals surface area (Å²) in [6.07, 6.45) is 0. The number of hydrogen-bond donors (Lipinski definition) is 2. The highest BCUT2D eigenvalue weighted by Crippen LogP contribution is 2.35. The van der Waals surface area contributed by atoms with Crippen LogP contribution in [0.3, 0.4) is 0 Å². The van der Waals surface area contributed by atoms with E-state index >= 15 is 0 Å². The summed E-state index contributed by atoms with van der Waals surface area (Å²) in [5.41, 5.74) is 0.222. The summed E-state index contributed by atoms with van der Waals surface area (Å²) in [5.74, 6) is -0.932. The number of phenols is 1. The predicted molar refractivity (Wildman–Crippen MR) is 52.4 cm³/mol. The Bertz CT molecular complexity index is 344. The number of aromatic hydroxyl groups is 1. The quantitative estimate of drug-likeness (QED) is 0.816. The number of nitrogens with one attached hydrogen (secondary N) is 1. The van der Waals surface area contributed by atoms with E-state index < -0.39 is 11.6 Å². The lowest BCUT2D eigenvalue weighted by Crippen LogP contribution is -2.09. The van der Waals surface area contributed by atoms with Crippen LogP contribution < -0.4 is 10.1 Å². The zero-order chi connectivity index (χ0) is 10.7. The highest BCUT2D eigenvalue weighted by Gasteiger charge is 2.16. The molecule has 0 radical (unpaired) electrons. The molecule has 3 nitrogen and oxygen atoms in total. The van der Waals surface area contributed by atoms with Crippen molar-refractivity contribution in [2.45, 2.75) is 6.54 Å². The molecule has 0 spiro atoms. The zero-order valence-corrected chi connectivity index (χ0v) is 8.65. The van der Waals surface area contributed by atoms with Crippen LogP contribution in [0.5, 0.6) is 11.5 Å². The number of ether oxygens (including phenoxy) is 1. The molecule has 0 aliphatic carbocycles. The number of benzene rings is 1. The summed E-state index contributed by atoms with van der Waals surface area (Å²) in [6, 6.07) is 1.12. The molecule has 0 heterocycles. The second kappa shape index (κ2) is 4.48. The van der Waals surface area contributed by atoms with Gasteiger partial charge in [-0.05, 0) is 7.05 Å². The highest BCUT2D eigenvalue weighted by atomic mass is 35.5. The van der Waals surface area contributed by atoms with Gasteiger partial charge in [-0.1, -0.05) is 11.6 Å². The number of phenolic OH excluding ortho intramolecular Hbond substituents is 1. The van der Waals surface area contributed by atoms with Crippen molar-refractivity contribution in [2.24, 2.45) is 0 Å². The van der Waals surface area contributed by atoms with Crippen LogP contribution in [0.1, 0.15) is 5.56 Å². The van der Waals surface area contributed by atoms with Gasteiger partial charge in [0.1, 0.15) is 5.75 Å². The van der Waals surface area contributed by atoms with Gasteiger partial charge in [0.15, 0.2) is 11.6 Å². The van der Waals surface area contributed by atoms with Crippen molar-refractivity contribution in [3.8, 4) is 11.5 Å². The maximum atomic E-state index is 13.4. The predicted octanol–water partition coefficient (Wildman–Crippen LogP) is 1.91. The molecular weight excluding hydrogens is 209 g/mol. The minimum absolute atomic E-state index is 0.191. The maximum Gasteiger partial charge on any atom is 0.173 e. The number of halogens is 2. The molecule has 1 aromatic carbocycles. The fourth-order valence-electron chi connectivity index (χ4n) is 1.20. The summed E-state index contributed by atoms with van der Waals surface area (Å²) in [5, 5.41) is 12.1. The van der Waals surface area contributed by atoms with Gasteiger partial charge in [-0.25, -0.2) is 4.39 Å². The van der Waals surface area contributed by atoms with E-state index in [0.29, 0.717) is 0 Å². The average molecular weight is 220 g/mol. The lowest BCUT2D eigenvalue weighted by molar-refractivity contribution is 0.389. The van der Waals surface area contributed by atoms with E-state index in [-0.39, 0.29) is 22.9 Å². The third-order valence-corrected chi connectivity index (χ3v) is 2.08. The summed E-state index contributed by atoms with van der Waals surface area (Å²) < 4.78 is 18.3. The molecule has 1 rings (SSSR count). The smallest absolute Gasteiger partial charge is 0.173 e. The van der Waals surface area contributed by atoms with Crippen LogP contribution in [0.25, 0.3) is 0 Å². The molecule has 2 N–H and O–H groups in total. The SMILES string of the molecule is CNCc1c(F)c(O)cc(Cl)c1OC. The van der Waals surface area contributed by atoms with Crippen LogP contribution in [-0.2, 0) is 6.54 Å². The van der Waals surface area contributed by atoms with Crippen molar-refractivity contribution in [1.29, 1.82) is 0 Å². The first-order valence-electron chi connectivity index (χ1n) is 4.00. The molecule has 5 heteroatoms. The van der Waals surface area contributed by atoms with Crippen LogP contribution in [-0.4, -0.2) is 19.3 Å². The van der Waals surface area contributed by atoms with Gasteiger partial charge in [0.25, 0.3) is 0 Å². The molecule has 78 valence electrons. The molecule has 0 aliphatic rings. The zero-order valence-electron chi connectivity index (χ0n) is 7.90. The third kappa shape index (κ3) is 1.91. The molecular formula is C9H11ClFNO2. The van der Waals surface area contributed by atoms with E-state index in [0.717, 1.165) is 6.07 Å². The molecule has 0 bridgehead atoms. The van der Waals surface area contributed by atoms with Crippen LogP contribution in [0.4, 0.5) is 4.39 Å². The van der Waals surface area contributed by atoms with E-state index in [9.17, 15) is 9.50 Å². The average Bonchev–Trinajstić information content (AvgIpc) is 2.14. The number of methoxy groups -OCH3 is 1. The van der Waals surface area contributed by atoms with Crippen LogP contribution in [0.2, 0.25) is 5.02 Å². The molecule has 0 amide bonds. The minimum atomic E-state index is -0.708. The van der Waals surface area contributed by atoms with Gasteiger partial charge in [-0.3, -0.25) is 0 Å². The van der Waals surface area contributed by atoms with Gasteiger partial charge in [0.2, 0.25) is 0 Å². The molecule has 0 saturated carbocycles. The van der Waals surface area contributed by atoms with Crippen LogP contribution in [0.15, 0.2) is 6.07 Å². The van der Waals surface area contributed by atoms with Crippen LogP contribution in [0, 0.1) is 5.82 Å². The summed E-state index contributed by atoms with van der Waals surface area (Å²) in [4.78, 5) is 0. The maximum absolute atomic E-state index is 13.4. The van der Waals surface area contributed by atoms with Crippen molar-refractivity contribution >= 4 is 11.6 Å². The Hall–Kier alpha value is -1.00. The standard InChI is InChI=1S/C9H11ClFNO2/c1-12-4-5-8(11)7(13)3-6(10)9(5)14-2/h3,12-13H,4H2,1-2H3. The molecule has 0 unspecified atom stereocenters. The van der Waals surface area contributed by atoms with Gasteiger partial charge in [0, 0.05) is 18.2 Å². The lowest BCUT2D eigenvalue weighted by atomic mass is 10.1. The van der Waals surface area contributed by atoms with Crippen molar-refractivity contribution in [3.63, 3.8) is 0 Å². The van der Waals surface area contributed by atoms with E-state index in [4.69, 9.17) is 16.3 Å². The fraction of sp³-hybridized carbons (Fsp3) is 0.333. The molecule has 0 fully saturated rings. The summed E-state index contributed by atoms with van der Waals surface area (Å²) >= 11 is 5.76. The van der Waals surface area contributed by atoms with Gasteiger partial charge in [0.05, 0.1) is 12.1 Å². The Morgan fingerprint density at radius 3 is 2.79 bits per heavy atom. The first-order valence-corrected chi connectivity index (χ1v) is 4.38. The Balaban J connectivity index is 3.32. The Morgan fingerprint density at radius 2 is 2.29 bits per heavy atom. The molecule has 0 atom stereocenters. The topological polar surface area (TPSA) is 41.5 Å². The Morgan fingerprint density at radius 1 is 1.64 bits per heavy atom. The second-order valence-corrected chi connectivity index (χ2v) is 3.14. The molecule has 0 saturated heterocycles. The minimum Gasteiger partial charge on any atom is -0.505 e. The summed E-state index contributed by atoms with van der Waals surface area (Å²) in [6.45, 7) is 0.239. The largest absolute Gasteiger partial charge is 0.505 e. The van der Waals surface area contributed by atoms with E-state index in [1.54, 1.807) is 7.05 Å². The lowest BCUT2D eigenvalue weighted by Gasteiger charge is -2.11. The number of rotatable bonds is 3. The second-order valence-electron chi connectivity index (χ2n) is 2.73. The van der Waals surface area contributed by atoms with E-state index in [1.165, 1.54) is 7.11 Å². The van der Waals surface area contributed by atoms with Gasteiger partial charge >= 0.3 is 0 Å². The number of hydrogen-bond acceptors (Lipinski definition) is 3. The molecule has 0 aromatic heterocycles. The first kappa shape index (κ1) is 11.1. The fourth-order valence-corrected chi connectivity index (χ4v) is 1.50. The molecule has 1 aromatic rings. The molecule has 14 heavy (non-hydrogen) atoms. The van der Waals surface area contributed by atoms with E-state index in [2.05, 4.69) is 5.32 Å². The third-order valence-electron chi connectivity index (χ3n) is 1.80. The van der Waals surface area contributed by atoms with Gasteiger partial charge in [-0.15, -0.1) is 0 Å². The Labute approximate surface area is 86.5 Å². The van der Waals surface area contributed by atoms with Crippen molar-refractivity contribution < 1.29 is 14.2 Å². The highest BCUT2D eigenvalue weighted by molar-refractivity contribution is 6.32. The van der Waals surface area contributed by atoms with Crippen molar-refractivity contribution in [2.75, 3.05) is 14.2 Å². The van der Waals surface area contributed by atoms with Gasteiger partial charge < -0.3 is 15.2 Å². The summed E-state index contributed by atoms with van der Waals surface area (Å²) in [7, 11) is 3.06. The van der Waals surface area contributed by atoms with Crippen molar-refractivity contribution in [1.82, 2.24) is 5.32 Å². The van der Waals surface area contributed by atoms with Gasteiger partial charge in [-0.2, -0.15) is 0 Å². The Kier molecular flexibility index (Phi) is 3.55. The first-order chi connectivity index (χ1) is 6.61. The monoisotopic (exact) mass is 219 g/mol. The molecule has 0 aliphatic heterocycles. The van der Waals surface area contributed by atoms with E-state index in [1.807, 2.05) is 0 Å². The van der Waals surface area contributed by atoms with Crippen molar-refractivity contribution in [3.05, 3.63) is 22.5 Å². The normalized spacial score (nSPS) is 10.3.